The van der Waals surface area contributed by atoms with Crippen molar-refractivity contribution in [1.82, 2.24) is 15.1 Å². The average Bonchev–Trinajstić information content (AvgIpc) is 3.49. The second-order valence-corrected chi connectivity index (χ2v) is 12.7. The van der Waals surface area contributed by atoms with Gasteiger partial charge in [-0.3, -0.25) is 9.80 Å². The Bertz CT molecular complexity index is 1460. The first-order valence-electron chi connectivity index (χ1n) is 16.0. The molecular weight excluding hydrogens is 514 g/mol. The summed E-state index contributed by atoms with van der Waals surface area (Å²) in [5.41, 5.74) is 9.80. The van der Waals surface area contributed by atoms with E-state index in [1.54, 1.807) is 0 Å². The van der Waals surface area contributed by atoms with Crippen LogP contribution in [0.2, 0.25) is 0 Å². The van der Waals surface area contributed by atoms with Crippen LogP contribution in [0.4, 0.5) is 0 Å². The molecule has 4 aliphatic rings. The molecule has 214 valence electrons. The molecule has 4 aromatic carbocycles. The highest BCUT2D eigenvalue weighted by atomic mass is 16.5. The highest BCUT2D eigenvalue weighted by Gasteiger charge is 2.42. The van der Waals surface area contributed by atoms with Crippen molar-refractivity contribution in [3.05, 3.63) is 131 Å². The van der Waals surface area contributed by atoms with E-state index in [1.807, 2.05) is 0 Å². The van der Waals surface area contributed by atoms with Gasteiger partial charge in [0.2, 0.25) is 0 Å². The monoisotopic (exact) mass is 555 g/mol. The lowest BCUT2D eigenvalue weighted by molar-refractivity contribution is -0.0501. The van der Waals surface area contributed by atoms with Crippen molar-refractivity contribution in [3.63, 3.8) is 0 Å². The van der Waals surface area contributed by atoms with Gasteiger partial charge < -0.3 is 10.1 Å². The largest absolute Gasteiger partial charge is 0.365 e. The SMILES string of the molecule is c1ccc(C(OC2CC3CCC(C2)N3Cc2ccc3c(c2)C(N2CCNCC2)c2ccccc2-3)c2ccccc2)cc1. The number of nitrogens with one attached hydrogen (secondary N) is 1. The molecule has 3 aliphatic heterocycles. The number of rotatable bonds is 7. The van der Waals surface area contributed by atoms with E-state index in [0.29, 0.717) is 18.1 Å². The zero-order chi connectivity index (χ0) is 27.9. The van der Waals surface area contributed by atoms with Gasteiger partial charge in [0.15, 0.2) is 0 Å². The van der Waals surface area contributed by atoms with Crippen LogP contribution in [0.5, 0.6) is 0 Å². The van der Waals surface area contributed by atoms with E-state index in [-0.39, 0.29) is 12.2 Å². The van der Waals surface area contributed by atoms with E-state index >= 15 is 0 Å². The Balaban J connectivity index is 1.01. The highest BCUT2D eigenvalue weighted by Crippen LogP contribution is 2.47. The van der Waals surface area contributed by atoms with Crippen LogP contribution in [0.3, 0.4) is 0 Å². The molecule has 0 aromatic heterocycles. The summed E-state index contributed by atoms with van der Waals surface area (Å²) in [6, 6.07) is 39.5. The zero-order valence-electron chi connectivity index (χ0n) is 24.4. The highest BCUT2D eigenvalue weighted by molar-refractivity contribution is 5.79. The fourth-order valence-corrected chi connectivity index (χ4v) is 8.27. The van der Waals surface area contributed by atoms with Crippen LogP contribution in [0.25, 0.3) is 11.1 Å². The normalized spacial score (nSPS) is 25.5. The summed E-state index contributed by atoms with van der Waals surface area (Å²) in [7, 11) is 0. The second-order valence-electron chi connectivity index (χ2n) is 12.7. The number of ether oxygens (including phenoxy) is 1. The predicted octanol–water partition coefficient (Wildman–Crippen LogP) is 6.96. The fraction of sp³-hybridized carbons (Fsp3) is 0.368. The van der Waals surface area contributed by atoms with Crippen molar-refractivity contribution in [2.24, 2.45) is 0 Å². The first-order chi connectivity index (χ1) is 20.8. The number of benzene rings is 4. The van der Waals surface area contributed by atoms with Crippen LogP contribution in [0.1, 0.15) is 65.6 Å². The Morgan fingerprint density at radius 2 is 1.31 bits per heavy atom. The Morgan fingerprint density at radius 1 is 0.690 bits per heavy atom. The Labute approximate surface area is 250 Å². The van der Waals surface area contributed by atoms with Crippen LogP contribution in [-0.2, 0) is 11.3 Å². The number of hydrogen-bond donors (Lipinski definition) is 1. The molecule has 8 rings (SSSR count). The molecule has 42 heavy (non-hydrogen) atoms. The minimum atomic E-state index is -0.0105. The van der Waals surface area contributed by atoms with Crippen LogP contribution in [-0.4, -0.2) is 54.2 Å². The first-order valence-corrected chi connectivity index (χ1v) is 16.0. The average molecular weight is 556 g/mol. The molecule has 2 bridgehead atoms. The summed E-state index contributed by atoms with van der Waals surface area (Å²) >= 11 is 0. The zero-order valence-corrected chi connectivity index (χ0v) is 24.4. The maximum absolute atomic E-state index is 6.98. The van der Waals surface area contributed by atoms with E-state index in [4.69, 9.17) is 4.74 Å². The lowest BCUT2D eigenvalue weighted by atomic mass is 9.95. The summed E-state index contributed by atoms with van der Waals surface area (Å²) in [4.78, 5) is 5.50. The molecule has 1 aliphatic carbocycles. The first kappa shape index (κ1) is 26.4. The molecule has 1 N–H and O–H groups in total. The van der Waals surface area contributed by atoms with Crippen molar-refractivity contribution < 1.29 is 4.74 Å². The molecule has 3 fully saturated rings. The van der Waals surface area contributed by atoms with Gasteiger partial charge >= 0.3 is 0 Å². The lowest BCUT2D eigenvalue weighted by Gasteiger charge is -2.40. The van der Waals surface area contributed by atoms with Gasteiger partial charge in [0.05, 0.1) is 12.1 Å². The molecular formula is C38H41N3O. The number of fused-ring (bicyclic) bond motifs is 5. The number of piperazine rings is 1. The van der Waals surface area contributed by atoms with Gasteiger partial charge in [0, 0.05) is 44.8 Å². The van der Waals surface area contributed by atoms with Crippen LogP contribution < -0.4 is 5.32 Å². The molecule has 0 saturated carbocycles. The Morgan fingerprint density at radius 3 is 2.00 bits per heavy atom. The molecule has 0 spiro atoms. The van der Waals surface area contributed by atoms with Gasteiger partial charge in [0.1, 0.15) is 6.10 Å². The Kier molecular flexibility index (Phi) is 7.17. The van der Waals surface area contributed by atoms with Crippen molar-refractivity contribution in [2.45, 2.75) is 62.6 Å². The van der Waals surface area contributed by atoms with E-state index in [9.17, 15) is 0 Å². The molecule has 4 heteroatoms. The van der Waals surface area contributed by atoms with Crippen LogP contribution >= 0.6 is 0 Å². The van der Waals surface area contributed by atoms with Gasteiger partial charge in [-0.05, 0) is 64.6 Å². The third kappa shape index (κ3) is 4.91. The van der Waals surface area contributed by atoms with Crippen molar-refractivity contribution >= 4 is 0 Å². The minimum absolute atomic E-state index is 0.0105. The summed E-state index contributed by atoms with van der Waals surface area (Å²) in [6.45, 7) is 5.40. The summed E-state index contributed by atoms with van der Waals surface area (Å²) in [5.74, 6) is 0. The van der Waals surface area contributed by atoms with Gasteiger partial charge in [-0.1, -0.05) is 103 Å². The van der Waals surface area contributed by atoms with Crippen molar-refractivity contribution in [3.8, 4) is 11.1 Å². The molecule has 0 radical (unpaired) electrons. The maximum atomic E-state index is 6.98. The van der Waals surface area contributed by atoms with E-state index in [0.717, 1.165) is 45.6 Å². The van der Waals surface area contributed by atoms with E-state index in [1.165, 1.54) is 51.8 Å². The second kappa shape index (κ2) is 11.4. The third-order valence-electron chi connectivity index (χ3n) is 10.2. The standard InChI is InChI=1S/C38H41N3O/c1-3-9-28(10-4-1)38(29-11-5-2-6-12-29)42-32-24-30-16-17-31(25-32)41(30)26-27-15-18-34-33-13-7-8-14-35(33)37(36(34)23-27)40-21-19-39-20-22-40/h1-15,18,23,30-32,37-39H,16-17,19-22,24-26H2. The Hall–Kier alpha value is -3.28. The molecule has 4 aromatic rings. The van der Waals surface area contributed by atoms with Crippen molar-refractivity contribution in [1.29, 1.82) is 0 Å². The quantitative estimate of drug-likeness (QED) is 0.267. The third-order valence-corrected chi connectivity index (χ3v) is 10.2. The topological polar surface area (TPSA) is 27.7 Å². The molecule has 0 amide bonds. The molecule has 4 nitrogen and oxygen atoms in total. The van der Waals surface area contributed by atoms with Gasteiger partial charge in [0.25, 0.3) is 0 Å². The van der Waals surface area contributed by atoms with Gasteiger partial charge in [-0.2, -0.15) is 0 Å². The maximum Gasteiger partial charge on any atom is 0.108 e. The predicted molar refractivity (Wildman–Crippen MR) is 169 cm³/mol. The summed E-state index contributed by atoms with van der Waals surface area (Å²) in [6.07, 6.45) is 5.08. The number of piperidine rings is 1. The lowest BCUT2D eigenvalue weighted by Crippen LogP contribution is -2.45. The molecule has 3 heterocycles. The molecule has 3 unspecified atom stereocenters. The van der Waals surface area contributed by atoms with E-state index in [2.05, 4.69) is 118 Å². The number of nitrogens with zero attached hydrogens (tertiary/aromatic N) is 2. The number of hydrogen-bond acceptors (Lipinski definition) is 4. The van der Waals surface area contributed by atoms with Gasteiger partial charge in [-0.25, -0.2) is 0 Å². The van der Waals surface area contributed by atoms with Gasteiger partial charge in [-0.15, -0.1) is 0 Å². The summed E-state index contributed by atoms with van der Waals surface area (Å²) < 4.78 is 6.98. The molecule has 3 atom stereocenters. The minimum Gasteiger partial charge on any atom is -0.365 e. The van der Waals surface area contributed by atoms with Crippen LogP contribution in [0, 0.1) is 0 Å². The van der Waals surface area contributed by atoms with Crippen LogP contribution in [0.15, 0.2) is 103 Å². The molecule has 3 saturated heterocycles. The van der Waals surface area contributed by atoms with Crippen molar-refractivity contribution in [2.75, 3.05) is 26.2 Å². The fourth-order valence-electron chi connectivity index (χ4n) is 8.27. The summed E-state index contributed by atoms with van der Waals surface area (Å²) in [5, 5.41) is 3.54. The smallest absolute Gasteiger partial charge is 0.108 e. The van der Waals surface area contributed by atoms with E-state index < -0.39 is 0 Å².